The minimum absolute atomic E-state index is 0.867. The SMILES string of the molecule is C=C/C=C(\C=C)c1ccnc(-n2ccc3cc4c5ccccc5n(-c5ccccc5)c4cc32)c1. The molecular weight excluding hydrogens is 414 g/mol. The van der Waals surface area contributed by atoms with Crippen molar-refractivity contribution >= 4 is 38.3 Å². The maximum Gasteiger partial charge on any atom is 0.137 e. The number of benzene rings is 3. The predicted molar refractivity (Wildman–Crippen MR) is 144 cm³/mol. The number of allylic oxidation sites excluding steroid dienone is 4. The van der Waals surface area contributed by atoms with Crippen LogP contribution in [-0.4, -0.2) is 14.1 Å². The Kier molecular flexibility index (Phi) is 4.74. The zero-order valence-corrected chi connectivity index (χ0v) is 18.7. The fourth-order valence-corrected chi connectivity index (χ4v) is 4.79. The first-order valence-electron chi connectivity index (χ1n) is 11.3. The second-order valence-corrected chi connectivity index (χ2v) is 8.27. The van der Waals surface area contributed by atoms with Crippen LogP contribution in [0.3, 0.4) is 0 Å². The highest BCUT2D eigenvalue weighted by Crippen LogP contribution is 2.35. The molecule has 3 heterocycles. The summed E-state index contributed by atoms with van der Waals surface area (Å²) in [6.07, 6.45) is 9.52. The molecule has 0 fully saturated rings. The number of hydrogen-bond acceptors (Lipinski definition) is 1. The molecule has 0 aliphatic heterocycles. The average Bonchev–Trinajstić information content (AvgIpc) is 3.45. The molecule has 0 bridgehead atoms. The van der Waals surface area contributed by atoms with Crippen LogP contribution < -0.4 is 0 Å². The van der Waals surface area contributed by atoms with Gasteiger partial charge >= 0.3 is 0 Å². The van der Waals surface area contributed by atoms with E-state index in [2.05, 4.69) is 112 Å². The molecule has 0 radical (unpaired) electrons. The molecule has 0 amide bonds. The molecule has 0 N–H and O–H groups in total. The fraction of sp³-hybridized carbons (Fsp3) is 0. The van der Waals surface area contributed by atoms with Crippen molar-refractivity contribution in [1.82, 2.24) is 14.1 Å². The van der Waals surface area contributed by atoms with Crippen LogP contribution in [0.5, 0.6) is 0 Å². The lowest BCUT2D eigenvalue weighted by molar-refractivity contribution is 1.04. The summed E-state index contributed by atoms with van der Waals surface area (Å²) in [5.41, 5.74) is 6.71. The van der Waals surface area contributed by atoms with Gasteiger partial charge in [-0.1, -0.05) is 67.8 Å². The second-order valence-electron chi connectivity index (χ2n) is 8.27. The van der Waals surface area contributed by atoms with Gasteiger partial charge in [-0.2, -0.15) is 0 Å². The number of hydrogen-bond donors (Lipinski definition) is 0. The number of aromatic nitrogens is 3. The number of para-hydroxylation sites is 2. The average molecular weight is 438 g/mol. The Morgan fingerprint density at radius 1 is 0.765 bits per heavy atom. The summed E-state index contributed by atoms with van der Waals surface area (Å²) < 4.78 is 4.49. The Balaban J connectivity index is 1.63. The molecule has 162 valence electrons. The van der Waals surface area contributed by atoms with E-state index in [1.807, 2.05) is 24.4 Å². The highest BCUT2D eigenvalue weighted by Gasteiger charge is 2.15. The molecule has 0 aliphatic rings. The van der Waals surface area contributed by atoms with E-state index in [0.29, 0.717) is 0 Å². The summed E-state index contributed by atoms with van der Waals surface area (Å²) in [7, 11) is 0. The van der Waals surface area contributed by atoms with Crippen LogP contribution in [0.25, 0.3) is 49.8 Å². The molecule has 0 atom stereocenters. The van der Waals surface area contributed by atoms with Gasteiger partial charge < -0.3 is 9.13 Å². The third-order valence-corrected chi connectivity index (χ3v) is 6.34. The summed E-state index contributed by atoms with van der Waals surface area (Å²) in [5.74, 6) is 0.867. The van der Waals surface area contributed by atoms with Crippen molar-refractivity contribution < 1.29 is 0 Å². The first-order chi connectivity index (χ1) is 16.8. The third kappa shape index (κ3) is 3.10. The van der Waals surface area contributed by atoms with Gasteiger partial charge in [-0.25, -0.2) is 4.98 Å². The van der Waals surface area contributed by atoms with Crippen LogP contribution in [-0.2, 0) is 0 Å². The number of pyridine rings is 1. The molecule has 0 spiro atoms. The molecule has 3 heteroatoms. The van der Waals surface area contributed by atoms with E-state index in [0.717, 1.165) is 28.2 Å². The van der Waals surface area contributed by atoms with Crippen molar-refractivity contribution in [2.75, 3.05) is 0 Å². The van der Waals surface area contributed by atoms with Crippen molar-refractivity contribution in [2.45, 2.75) is 0 Å². The van der Waals surface area contributed by atoms with Gasteiger partial charge in [0.1, 0.15) is 5.82 Å². The van der Waals surface area contributed by atoms with Gasteiger partial charge in [-0.3, -0.25) is 0 Å². The quantitative estimate of drug-likeness (QED) is 0.252. The highest BCUT2D eigenvalue weighted by atomic mass is 15.1. The van der Waals surface area contributed by atoms with E-state index in [-0.39, 0.29) is 0 Å². The second kappa shape index (κ2) is 8.05. The molecular formula is C31H23N3. The van der Waals surface area contributed by atoms with E-state index in [4.69, 9.17) is 0 Å². The maximum atomic E-state index is 4.68. The van der Waals surface area contributed by atoms with Crippen LogP contribution in [0, 0.1) is 0 Å². The fourth-order valence-electron chi connectivity index (χ4n) is 4.79. The third-order valence-electron chi connectivity index (χ3n) is 6.34. The van der Waals surface area contributed by atoms with Gasteiger partial charge in [0.05, 0.1) is 16.6 Å². The van der Waals surface area contributed by atoms with Crippen LogP contribution in [0.2, 0.25) is 0 Å². The number of rotatable bonds is 5. The predicted octanol–water partition coefficient (Wildman–Crippen LogP) is 7.88. The summed E-state index contributed by atoms with van der Waals surface area (Å²) in [5, 5.41) is 3.68. The molecule has 3 aromatic carbocycles. The molecule has 3 nitrogen and oxygen atoms in total. The summed E-state index contributed by atoms with van der Waals surface area (Å²) >= 11 is 0. The van der Waals surface area contributed by atoms with Crippen LogP contribution in [0.4, 0.5) is 0 Å². The lowest BCUT2D eigenvalue weighted by atomic mass is 10.1. The minimum atomic E-state index is 0.867. The number of nitrogens with zero attached hydrogens (tertiary/aromatic N) is 3. The zero-order chi connectivity index (χ0) is 23.1. The van der Waals surface area contributed by atoms with Gasteiger partial charge in [0.15, 0.2) is 0 Å². The highest BCUT2D eigenvalue weighted by molar-refractivity contribution is 6.13. The zero-order valence-electron chi connectivity index (χ0n) is 18.7. The Morgan fingerprint density at radius 2 is 1.59 bits per heavy atom. The van der Waals surface area contributed by atoms with Crippen molar-refractivity contribution in [2.24, 2.45) is 0 Å². The van der Waals surface area contributed by atoms with Gasteiger partial charge in [0.2, 0.25) is 0 Å². The monoisotopic (exact) mass is 437 g/mol. The Labute approximate surface area is 198 Å². The molecule has 6 rings (SSSR count). The van der Waals surface area contributed by atoms with Crippen molar-refractivity contribution in [1.29, 1.82) is 0 Å². The van der Waals surface area contributed by atoms with Crippen molar-refractivity contribution in [3.63, 3.8) is 0 Å². The maximum absolute atomic E-state index is 4.68. The molecule has 3 aromatic heterocycles. The molecule has 34 heavy (non-hydrogen) atoms. The largest absolute Gasteiger partial charge is 0.309 e. The van der Waals surface area contributed by atoms with Gasteiger partial charge in [-0.15, -0.1) is 0 Å². The smallest absolute Gasteiger partial charge is 0.137 e. The first kappa shape index (κ1) is 20.0. The van der Waals surface area contributed by atoms with Crippen LogP contribution in [0.15, 0.2) is 129 Å². The molecule has 0 aliphatic carbocycles. The Morgan fingerprint density at radius 3 is 2.41 bits per heavy atom. The van der Waals surface area contributed by atoms with Crippen molar-refractivity contribution in [3.8, 4) is 11.5 Å². The lowest BCUT2D eigenvalue weighted by Gasteiger charge is -2.10. The van der Waals surface area contributed by atoms with E-state index >= 15 is 0 Å². The topological polar surface area (TPSA) is 22.8 Å². The molecule has 0 saturated heterocycles. The first-order valence-corrected chi connectivity index (χ1v) is 11.3. The minimum Gasteiger partial charge on any atom is -0.309 e. The van der Waals surface area contributed by atoms with E-state index in [9.17, 15) is 0 Å². The van der Waals surface area contributed by atoms with E-state index < -0.39 is 0 Å². The van der Waals surface area contributed by atoms with Gasteiger partial charge in [-0.05, 0) is 59.7 Å². The van der Waals surface area contributed by atoms with Gasteiger partial charge in [0.25, 0.3) is 0 Å². The van der Waals surface area contributed by atoms with E-state index in [1.54, 1.807) is 6.08 Å². The summed E-state index contributed by atoms with van der Waals surface area (Å²) in [4.78, 5) is 4.68. The Hall–Kier alpha value is -4.63. The van der Waals surface area contributed by atoms with Crippen molar-refractivity contribution in [3.05, 3.63) is 134 Å². The lowest BCUT2D eigenvalue weighted by Crippen LogP contribution is -1.97. The number of fused-ring (bicyclic) bond motifs is 4. The van der Waals surface area contributed by atoms with Crippen LogP contribution >= 0.6 is 0 Å². The summed E-state index contributed by atoms with van der Waals surface area (Å²) in [6, 6.07) is 29.9. The Bertz CT molecular complexity index is 1730. The van der Waals surface area contributed by atoms with E-state index in [1.165, 1.54) is 27.2 Å². The molecule has 6 aromatic rings. The molecule has 0 saturated carbocycles. The summed E-state index contributed by atoms with van der Waals surface area (Å²) in [6.45, 7) is 7.77. The van der Waals surface area contributed by atoms with Gasteiger partial charge in [0, 0.05) is 34.2 Å². The molecule has 0 unspecified atom stereocenters. The van der Waals surface area contributed by atoms with Crippen LogP contribution in [0.1, 0.15) is 5.56 Å². The standard InChI is InChI=1S/C31H23N3/c1-3-10-22(4-2)23-15-17-32-31(20-23)33-18-16-24-19-27-26-13-8-9-14-28(26)34(30(27)21-29(24)33)25-11-6-5-7-12-25/h3-21H,1-2H2/b22-10+. The normalized spacial score (nSPS) is 11.9.